The molecule has 1 fully saturated rings. The van der Waals surface area contributed by atoms with Gasteiger partial charge in [-0.3, -0.25) is 0 Å². The van der Waals surface area contributed by atoms with E-state index in [4.69, 9.17) is 9.47 Å². The molecule has 1 saturated heterocycles. The highest BCUT2D eigenvalue weighted by Crippen LogP contribution is 2.32. The number of nitrogens with one attached hydrogen (secondary N) is 1. The van der Waals surface area contributed by atoms with E-state index in [2.05, 4.69) is 31.2 Å². The number of hydrogen-bond donors (Lipinski definition) is 1. The summed E-state index contributed by atoms with van der Waals surface area (Å²) < 4.78 is 39.0. The van der Waals surface area contributed by atoms with Crippen LogP contribution in [0.1, 0.15) is 17.5 Å². The van der Waals surface area contributed by atoms with Crippen LogP contribution in [0.25, 0.3) is 0 Å². The van der Waals surface area contributed by atoms with Crippen LogP contribution in [0.5, 0.6) is 11.5 Å². The van der Waals surface area contributed by atoms with Gasteiger partial charge in [0, 0.05) is 18.1 Å². The number of piperazine rings is 1. The first kappa shape index (κ1) is 19.2. The third kappa shape index (κ3) is 4.16. The van der Waals surface area contributed by atoms with Crippen LogP contribution in [-0.4, -0.2) is 52.1 Å². The molecule has 0 unspecified atom stereocenters. The van der Waals surface area contributed by atoms with Crippen LogP contribution in [0, 0.1) is 6.92 Å². The van der Waals surface area contributed by atoms with Gasteiger partial charge in [-0.25, -0.2) is 8.42 Å². The summed E-state index contributed by atoms with van der Waals surface area (Å²) in [4.78, 5) is 1.69. The van der Waals surface area contributed by atoms with Gasteiger partial charge in [0.25, 0.3) is 0 Å². The molecule has 150 valence electrons. The summed E-state index contributed by atoms with van der Waals surface area (Å²) >= 11 is 0. The van der Waals surface area contributed by atoms with Crippen molar-refractivity contribution in [1.29, 1.82) is 0 Å². The SMILES string of the molecule is Cc1ccc(C[NH+]2CCN(S(=O)(=O)c3ccc4c(c3)OCCCO4)CC2)cc1. The van der Waals surface area contributed by atoms with Gasteiger partial charge in [-0.05, 0) is 19.1 Å². The normalized spacial score (nSPS) is 18.6. The Balaban J connectivity index is 1.42. The van der Waals surface area contributed by atoms with Crippen molar-refractivity contribution in [3.05, 3.63) is 53.6 Å². The van der Waals surface area contributed by atoms with Crippen LogP contribution >= 0.6 is 0 Å². The lowest BCUT2D eigenvalue weighted by atomic mass is 10.1. The molecular weight excluding hydrogens is 376 g/mol. The summed E-state index contributed by atoms with van der Waals surface area (Å²) in [7, 11) is -3.52. The largest absolute Gasteiger partial charge is 0.490 e. The van der Waals surface area contributed by atoms with E-state index in [1.165, 1.54) is 16.0 Å². The van der Waals surface area contributed by atoms with Gasteiger partial charge in [-0.1, -0.05) is 29.8 Å². The van der Waals surface area contributed by atoms with Gasteiger partial charge in [0.1, 0.15) is 6.54 Å². The number of hydrogen-bond acceptors (Lipinski definition) is 4. The molecule has 7 heteroatoms. The third-order valence-electron chi connectivity index (χ3n) is 5.36. The van der Waals surface area contributed by atoms with Gasteiger partial charge >= 0.3 is 0 Å². The molecule has 0 saturated carbocycles. The van der Waals surface area contributed by atoms with Crippen LogP contribution < -0.4 is 14.4 Å². The minimum atomic E-state index is -3.52. The Morgan fingerprint density at radius 3 is 2.36 bits per heavy atom. The van der Waals surface area contributed by atoms with Crippen molar-refractivity contribution >= 4 is 10.0 Å². The van der Waals surface area contributed by atoms with Crippen LogP contribution in [-0.2, 0) is 16.6 Å². The molecule has 0 atom stereocenters. The summed E-state index contributed by atoms with van der Waals surface area (Å²) in [6.45, 7) is 6.80. The Morgan fingerprint density at radius 1 is 0.964 bits per heavy atom. The van der Waals surface area contributed by atoms with Gasteiger partial charge in [0.15, 0.2) is 11.5 Å². The molecule has 6 nitrogen and oxygen atoms in total. The number of rotatable bonds is 4. The van der Waals surface area contributed by atoms with Crippen molar-refractivity contribution in [2.75, 3.05) is 39.4 Å². The van der Waals surface area contributed by atoms with Crippen LogP contribution in [0.15, 0.2) is 47.4 Å². The maximum Gasteiger partial charge on any atom is 0.243 e. The first-order valence-electron chi connectivity index (χ1n) is 9.81. The Kier molecular flexibility index (Phi) is 5.57. The minimum Gasteiger partial charge on any atom is -0.490 e. The molecule has 28 heavy (non-hydrogen) atoms. The fourth-order valence-electron chi connectivity index (χ4n) is 3.67. The van der Waals surface area contributed by atoms with Gasteiger partial charge in [0.05, 0.1) is 44.3 Å². The van der Waals surface area contributed by atoms with E-state index in [1.807, 2.05) is 0 Å². The average molecular weight is 404 g/mol. The summed E-state index contributed by atoms with van der Waals surface area (Å²) in [6.07, 6.45) is 0.794. The van der Waals surface area contributed by atoms with E-state index in [-0.39, 0.29) is 4.90 Å². The fourth-order valence-corrected chi connectivity index (χ4v) is 5.12. The summed E-state index contributed by atoms with van der Waals surface area (Å²) in [6, 6.07) is 13.5. The van der Waals surface area contributed by atoms with Gasteiger partial charge in [-0.15, -0.1) is 0 Å². The second-order valence-corrected chi connectivity index (χ2v) is 9.41. The maximum absolute atomic E-state index is 13.1. The zero-order valence-electron chi connectivity index (χ0n) is 16.2. The van der Waals surface area contributed by atoms with Gasteiger partial charge in [0.2, 0.25) is 10.0 Å². The van der Waals surface area contributed by atoms with E-state index in [0.29, 0.717) is 37.8 Å². The summed E-state index contributed by atoms with van der Waals surface area (Å²) in [5, 5.41) is 0. The van der Waals surface area contributed by atoms with Crippen molar-refractivity contribution in [2.45, 2.75) is 24.8 Å². The van der Waals surface area contributed by atoms with E-state index >= 15 is 0 Å². The monoisotopic (exact) mass is 403 g/mol. The molecule has 1 N–H and O–H groups in total. The third-order valence-corrected chi connectivity index (χ3v) is 7.26. The predicted molar refractivity (Wildman–Crippen MR) is 106 cm³/mol. The number of sulfonamides is 1. The molecule has 0 aromatic heterocycles. The Morgan fingerprint density at radius 2 is 1.64 bits per heavy atom. The number of ether oxygens (including phenoxy) is 2. The van der Waals surface area contributed by atoms with E-state index in [1.54, 1.807) is 22.5 Å². The molecule has 0 amide bonds. The van der Waals surface area contributed by atoms with E-state index < -0.39 is 10.0 Å². The van der Waals surface area contributed by atoms with Crippen molar-refractivity contribution < 1.29 is 22.8 Å². The van der Waals surface area contributed by atoms with E-state index in [0.717, 1.165) is 26.1 Å². The predicted octanol–water partition coefficient (Wildman–Crippen LogP) is 1.25. The number of fused-ring (bicyclic) bond motifs is 1. The smallest absolute Gasteiger partial charge is 0.243 e. The van der Waals surface area contributed by atoms with Crippen LogP contribution in [0.2, 0.25) is 0 Å². The molecule has 0 aliphatic carbocycles. The maximum atomic E-state index is 13.1. The molecule has 2 aliphatic rings. The van der Waals surface area contributed by atoms with Crippen molar-refractivity contribution in [3.8, 4) is 11.5 Å². The van der Waals surface area contributed by atoms with E-state index in [9.17, 15) is 8.42 Å². The van der Waals surface area contributed by atoms with Crippen molar-refractivity contribution in [3.63, 3.8) is 0 Å². The lowest BCUT2D eigenvalue weighted by Crippen LogP contribution is -3.13. The molecule has 2 aromatic carbocycles. The fraction of sp³-hybridized carbons (Fsp3) is 0.429. The number of benzene rings is 2. The topological polar surface area (TPSA) is 60.3 Å². The number of nitrogens with zero attached hydrogens (tertiary/aromatic N) is 1. The molecule has 0 bridgehead atoms. The molecule has 0 spiro atoms. The quantitative estimate of drug-likeness (QED) is 0.835. The Labute approximate surface area is 166 Å². The molecule has 2 heterocycles. The average Bonchev–Trinajstić information content (AvgIpc) is 2.95. The number of aryl methyl sites for hydroxylation is 1. The number of quaternary nitrogens is 1. The molecule has 2 aliphatic heterocycles. The van der Waals surface area contributed by atoms with Crippen molar-refractivity contribution in [2.24, 2.45) is 0 Å². The lowest BCUT2D eigenvalue weighted by Gasteiger charge is -2.31. The Bertz CT molecular complexity index is 920. The second kappa shape index (κ2) is 8.11. The highest BCUT2D eigenvalue weighted by atomic mass is 32.2. The highest BCUT2D eigenvalue weighted by Gasteiger charge is 2.31. The minimum absolute atomic E-state index is 0.277. The first-order valence-corrected chi connectivity index (χ1v) is 11.3. The standard InChI is InChI=1S/C21H26N2O4S/c1-17-3-5-18(6-4-17)16-22-9-11-23(12-10-22)28(24,25)19-7-8-20-21(15-19)27-14-2-13-26-20/h3-8,15H,2,9-14,16H2,1H3/p+1. The molecule has 0 radical (unpaired) electrons. The highest BCUT2D eigenvalue weighted by molar-refractivity contribution is 7.89. The van der Waals surface area contributed by atoms with Crippen molar-refractivity contribution in [1.82, 2.24) is 4.31 Å². The molecule has 4 rings (SSSR count). The van der Waals surface area contributed by atoms with Crippen LogP contribution in [0.4, 0.5) is 0 Å². The Hall–Kier alpha value is -2.09. The zero-order chi connectivity index (χ0) is 19.6. The first-order chi connectivity index (χ1) is 13.5. The summed E-state index contributed by atoms with van der Waals surface area (Å²) in [5.41, 5.74) is 2.55. The summed E-state index contributed by atoms with van der Waals surface area (Å²) in [5.74, 6) is 1.13. The van der Waals surface area contributed by atoms with Crippen LogP contribution in [0.3, 0.4) is 0 Å². The molecule has 2 aromatic rings. The molecular formula is C21H27N2O4S+. The van der Waals surface area contributed by atoms with Gasteiger partial charge < -0.3 is 14.4 Å². The zero-order valence-corrected chi connectivity index (χ0v) is 17.0. The lowest BCUT2D eigenvalue weighted by molar-refractivity contribution is -0.917. The van der Waals surface area contributed by atoms with Gasteiger partial charge in [-0.2, -0.15) is 4.31 Å². The second-order valence-electron chi connectivity index (χ2n) is 7.48.